The first kappa shape index (κ1) is 15.8. The number of amides is 1. The molecule has 2 rings (SSSR count). The van der Waals surface area contributed by atoms with E-state index in [1.54, 1.807) is 30.7 Å². The van der Waals surface area contributed by atoms with Crippen molar-refractivity contribution in [1.29, 1.82) is 0 Å². The molecule has 116 valence electrons. The quantitative estimate of drug-likeness (QED) is 0.726. The van der Waals surface area contributed by atoms with Gasteiger partial charge in [-0.2, -0.15) is 0 Å². The summed E-state index contributed by atoms with van der Waals surface area (Å²) in [7, 11) is 0. The van der Waals surface area contributed by atoms with Crippen LogP contribution >= 0.6 is 11.3 Å². The number of hydrogen-bond acceptors (Lipinski definition) is 5. The van der Waals surface area contributed by atoms with Gasteiger partial charge < -0.3 is 20.5 Å². The van der Waals surface area contributed by atoms with E-state index in [9.17, 15) is 9.59 Å². The predicted octanol–water partition coefficient (Wildman–Crippen LogP) is 2.61. The molecule has 0 aliphatic carbocycles. The van der Waals surface area contributed by atoms with Crippen molar-refractivity contribution >= 4 is 28.2 Å². The number of anilines is 1. The largest absolute Gasteiger partial charge is 0.478 e. The van der Waals surface area contributed by atoms with E-state index < -0.39 is 18.1 Å². The minimum absolute atomic E-state index is 0.109. The molecule has 3 N–H and O–H groups in total. The second kappa shape index (κ2) is 6.95. The molecule has 1 aromatic heterocycles. The highest BCUT2D eigenvalue weighted by molar-refractivity contribution is 7.15. The lowest BCUT2D eigenvalue weighted by molar-refractivity contribution is -0.124. The Morgan fingerprint density at radius 3 is 2.91 bits per heavy atom. The van der Waals surface area contributed by atoms with Gasteiger partial charge >= 0.3 is 5.97 Å². The molecule has 1 aliphatic rings. The molecule has 1 atom stereocenters. The second-order valence-corrected chi connectivity index (χ2v) is 5.39. The molecule has 0 aromatic carbocycles. The van der Waals surface area contributed by atoms with Gasteiger partial charge in [0.2, 0.25) is 6.23 Å². The van der Waals surface area contributed by atoms with Crippen molar-refractivity contribution in [2.24, 2.45) is 0 Å². The molecule has 0 saturated carbocycles. The highest BCUT2D eigenvalue weighted by Gasteiger charge is 2.26. The Kier molecular flexibility index (Phi) is 5.00. The van der Waals surface area contributed by atoms with Crippen molar-refractivity contribution in [3.05, 3.63) is 52.8 Å². The summed E-state index contributed by atoms with van der Waals surface area (Å²) in [4.78, 5) is 23.3. The molecule has 1 unspecified atom stereocenters. The number of thiophene rings is 1. The summed E-state index contributed by atoms with van der Waals surface area (Å²) in [6, 6.07) is 0. The zero-order chi connectivity index (χ0) is 16.1. The van der Waals surface area contributed by atoms with Gasteiger partial charge in [0.1, 0.15) is 10.8 Å². The highest BCUT2D eigenvalue weighted by atomic mass is 32.1. The fourth-order valence-corrected chi connectivity index (χ4v) is 2.76. The van der Waals surface area contributed by atoms with Gasteiger partial charge in [-0.1, -0.05) is 18.2 Å². The van der Waals surface area contributed by atoms with Crippen LogP contribution < -0.4 is 10.6 Å². The molecule has 1 aromatic rings. The summed E-state index contributed by atoms with van der Waals surface area (Å²) in [5.41, 5.74) is 0.721. The number of carbonyl (C=O) groups excluding carboxylic acids is 1. The molecule has 0 bridgehead atoms. The molecule has 7 heteroatoms. The number of carboxylic acids is 1. The van der Waals surface area contributed by atoms with E-state index in [2.05, 4.69) is 10.6 Å². The van der Waals surface area contributed by atoms with E-state index >= 15 is 0 Å². The number of allylic oxidation sites excluding steroid dienone is 4. The Balaban J connectivity index is 1.99. The third-order valence-electron chi connectivity index (χ3n) is 2.86. The van der Waals surface area contributed by atoms with E-state index in [1.807, 2.05) is 19.1 Å². The maximum absolute atomic E-state index is 12.1. The first-order valence-corrected chi connectivity index (χ1v) is 7.45. The lowest BCUT2D eigenvalue weighted by Crippen LogP contribution is -2.36. The maximum atomic E-state index is 12.1. The number of aryl methyl sites for hydroxylation is 1. The SMILES string of the molecule is C/C=C\C=C/C1=CNC(C(=O)Nc2scc(C)c2C(=O)O)O1. The van der Waals surface area contributed by atoms with Crippen LogP contribution in [0.5, 0.6) is 0 Å². The van der Waals surface area contributed by atoms with Crippen molar-refractivity contribution in [2.75, 3.05) is 5.32 Å². The zero-order valence-corrected chi connectivity index (χ0v) is 12.9. The molecule has 6 nitrogen and oxygen atoms in total. The van der Waals surface area contributed by atoms with Gasteiger partial charge in [-0.3, -0.25) is 4.79 Å². The molecular formula is C15H16N2O4S. The number of nitrogens with one attached hydrogen (secondary N) is 2. The van der Waals surface area contributed by atoms with E-state index in [1.165, 1.54) is 11.3 Å². The number of carbonyl (C=O) groups is 2. The molecule has 22 heavy (non-hydrogen) atoms. The summed E-state index contributed by atoms with van der Waals surface area (Å²) in [6.45, 7) is 3.58. The van der Waals surface area contributed by atoms with Crippen LogP contribution in [-0.4, -0.2) is 23.2 Å². The topological polar surface area (TPSA) is 87.7 Å². The van der Waals surface area contributed by atoms with Crippen LogP contribution in [0.1, 0.15) is 22.8 Å². The Hall–Kier alpha value is -2.54. The molecule has 0 radical (unpaired) electrons. The van der Waals surface area contributed by atoms with Crippen molar-refractivity contribution in [3.63, 3.8) is 0 Å². The lowest BCUT2D eigenvalue weighted by Gasteiger charge is -2.12. The Bertz CT molecular complexity index is 673. The number of aromatic carboxylic acids is 1. The number of rotatable bonds is 5. The number of ether oxygens (including phenoxy) is 1. The van der Waals surface area contributed by atoms with E-state index in [-0.39, 0.29) is 5.56 Å². The summed E-state index contributed by atoms with van der Waals surface area (Å²) in [5, 5.41) is 16.5. The minimum atomic E-state index is -1.07. The fraction of sp³-hybridized carbons (Fsp3) is 0.200. The van der Waals surface area contributed by atoms with E-state index in [4.69, 9.17) is 9.84 Å². The number of carboxylic acid groups (broad SMARTS) is 1. The van der Waals surface area contributed by atoms with Gasteiger partial charge in [-0.05, 0) is 30.9 Å². The maximum Gasteiger partial charge on any atom is 0.338 e. The summed E-state index contributed by atoms with van der Waals surface area (Å²) >= 11 is 1.17. The molecular weight excluding hydrogens is 304 g/mol. The fourth-order valence-electron chi connectivity index (χ4n) is 1.82. The first-order chi connectivity index (χ1) is 10.5. The van der Waals surface area contributed by atoms with Crippen molar-refractivity contribution in [1.82, 2.24) is 5.32 Å². The first-order valence-electron chi connectivity index (χ1n) is 6.57. The third-order valence-corrected chi connectivity index (χ3v) is 3.87. The van der Waals surface area contributed by atoms with E-state index in [0.717, 1.165) is 0 Å². The summed E-state index contributed by atoms with van der Waals surface area (Å²) < 4.78 is 5.42. The van der Waals surface area contributed by atoms with Gasteiger partial charge in [0, 0.05) is 6.20 Å². The third kappa shape index (κ3) is 3.56. The van der Waals surface area contributed by atoms with Gasteiger partial charge in [0.05, 0.1) is 5.56 Å². The van der Waals surface area contributed by atoms with Crippen LogP contribution in [0.2, 0.25) is 0 Å². The smallest absolute Gasteiger partial charge is 0.338 e. The Labute approximate surface area is 131 Å². The molecule has 1 amide bonds. The van der Waals surface area contributed by atoms with Crippen LogP contribution in [0.15, 0.2) is 41.6 Å². The monoisotopic (exact) mass is 320 g/mol. The average molecular weight is 320 g/mol. The molecule has 0 spiro atoms. The van der Waals surface area contributed by atoms with Crippen LogP contribution in [0.25, 0.3) is 0 Å². The predicted molar refractivity (Wildman–Crippen MR) is 84.7 cm³/mol. The highest BCUT2D eigenvalue weighted by Crippen LogP contribution is 2.28. The van der Waals surface area contributed by atoms with Gasteiger partial charge in [0.15, 0.2) is 0 Å². The summed E-state index contributed by atoms with van der Waals surface area (Å²) in [6.07, 6.45) is 7.93. The lowest BCUT2D eigenvalue weighted by atomic mass is 10.2. The van der Waals surface area contributed by atoms with Crippen LogP contribution in [0.3, 0.4) is 0 Å². The van der Waals surface area contributed by atoms with Crippen molar-refractivity contribution < 1.29 is 19.4 Å². The van der Waals surface area contributed by atoms with Crippen LogP contribution in [0, 0.1) is 6.92 Å². The van der Waals surface area contributed by atoms with E-state index in [0.29, 0.717) is 16.3 Å². The molecule has 2 heterocycles. The van der Waals surface area contributed by atoms with Crippen LogP contribution in [-0.2, 0) is 9.53 Å². The Morgan fingerprint density at radius 2 is 2.23 bits per heavy atom. The van der Waals surface area contributed by atoms with Crippen molar-refractivity contribution in [3.8, 4) is 0 Å². The van der Waals surface area contributed by atoms with Gasteiger partial charge in [-0.25, -0.2) is 4.79 Å². The minimum Gasteiger partial charge on any atom is -0.478 e. The van der Waals surface area contributed by atoms with Crippen LogP contribution in [0.4, 0.5) is 5.00 Å². The average Bonchev–Trinajstić information content (AvgIpc) is 3.06. The molecule has 0 saturated heterocycles. The molecule has 0 fully saturated rings. The molecule has 1 aliphatic heterocycles. The van der Waals surface area contributed by atoms with Crippen molar-refractivity contribution in [2.45, 2.75) is 20.1 Å². The van der Waals surface area contributed by atoms with Gasteiger partial charge in [-0.15, -0.1) is 11.3 Å². The Morgan fingerprint density at radius 1 is 1.45 bits per heavy atom. The second-order valence-electron chi connectivity index (χ2n) is 4.51. The standard InChI is InChI=1S/C15H16N2O4S/c1-3-4-5-6-10-7-16-13(21-10)12(18)17-14-11(15(19)20)9(2)8-22-14/h3-8,13,16H,1-2H3,(H,17,18)(H,19,20)/b4-3-,6-5-. The zero-order valence-electron chi connectivity index (χ0n) is 12.1. The number of hydrogen-bond donors (Lipinski definition) is 3. The normalized spacial score (nSPS) is 17.4. The summed E-state index contributed by atoms with van der Waals surface area (Å²) in [5.74, 6) is -0.989. The van der Waals surface area contributed by atoms with Gasteiger partial charge in [0.25, 0.3) is 5.91 Å².